The summed E-state index contributed by atoms with van der Waals surface area (Å²) in [4.78, 5) is 0. The van der Waals surface area contributed by atoms with Gasteiger partial charge in [0.2, 0.25) is 0 Å². The molecule has 0 aromatic heterocycles. The molecule has 0 aliphatic heterocycles. The van der Waals surface area contributed by atoms with Crippen LogP contribution in [0, 0.1) is 5.41 Å². The van der Waals surface area contributed by atoms with E-state index < -0.39 is 0 Å². The van der Waals surface area contributed by atoms with E-state index in [1.54, 1.807) is 7.11 Å². The van der Waals surface area contributed by atoms with Gasteiger partial charge in [-0.2, -0.15) is 0 Å². The first kappa shape index (κ1) is 14.9. The van der Waals surface area contributed by atoms with Gasteiger partial charge in [-0.15, -0.1) is 0 Å². The Morgan fingerprint density at radius 2 is 2.16 bits per heavy atom. The van der Waals surface area contributed by atoms with Crippen molar-refractivity contribution in [2.24, 2.45) is 5.41 Å². The summed E-state index contributed by atoms with van der Waals surface area (Å²) in [5.41, 5.74) is 1.82. The van der Waals surface area contributed by atoms with Gasteiger partial charge in [0.05, 0.1) is 7.11 Å². The fourth-order valence-electron chi connectivity index (χ4n) is 2.48. The topological polar surface area (TPSA) is 21.3 Å². The highest BCUT2D eigenvalue weighted by Crippen LogP contribution is 2.49. The number of halogens is 1. The molecule has 0 bridgehead atoms. The smallest absolute Gasteiger partial charge is 0.119 e. The van der Waals surface area contributed by atoms with Crippen molar-refractivity contribution < 1.29 is 4.74 Å². The zero-order valence-corrected chi connectivity index (χ0v) is 13.7. The lowest BCUT2D eigenvalue weighted by molar-refractivity contribution is 0.353. The molecule has 1 aliphatic rings. The van der Waals surface area contributed by atoms with Crippen molar-refractivity contribution in [2.75, 3.05) is 13.7 Å². The molecule has 1 aromatic carbocycles. The first-order chi connectivity index (χ1) is 9.09. The van der Waals surface area contributed by atoms with Crippen molar-refractivity contribution >= 4 is 15.9 Å². The van der Waals surface area contributed by atoms with Crippen LogP contribution in [0.15, 0.2) is 22.7 Å². The Labute approximate surface area is 125 Å². The molecule has 0 amide bonds. The number of benzene rings is 1. The van der Waals surface area contributed by atoms with Crippen LogP contribution in [-0.4, -0.2) is 19.7 Å². The van der Waals surface area contributed by atoms with Gasteiger partial charge in [-0.05, 0) is 61.4 Å². The average molecular weight is 326 g/mol. The summed E-state index contributed by atoms with van der Waals surface area (Å²) in [6, 6.07) is 6.80. The highest BCUT2D eigenvalue weighted by Gasteiger charge is 2.44. The average Bonchev–Trinajstić information content (AvgIpc) is 3.15. The SMILES string of the molecule is CCCNC(Cc1cc(OC)ccc1Br)C1(C)CC1. The minimum absolute atomic E-state index is 0.484. The summed E-state index contributed by atoms with van der Waals surface area (Å²) in [6.45, 7) is 5.72. The van der Waals surface area contributed by atoms with E-state index in [0.29, 0.717) is 11.5 Å². The summed E-state index contributed by atoms with van der Waals surface area (Å²) in [5, 5.41) is 3.72. The third-order valence-corrected chi connectivity index (χ3v) is 4.97. The Hall–Kier alpha value is -0.540. The minimum atomic E-state index is 0.484. The van der Waals surface area contributed by atoms with Gasteiger partial charge >= 0.3 is 0 Å². The molecule has 1 atom stereocenters. The predicted octanol–water partition coefficient (Wildman–Crippen LogP) is 4.17. The number of methoxy groups -OCH3 is 1. The Bertz CT molecular complexity index is 429. The van der Waals surface area contributed by atoms with Crippen molar-refractivity contribution in [3.05, 3.63) is 28.2 Å². The Morgan fingerprint density at radius 3 is 2.74 bits per heavy atom. The molecule has 1 aliphatic carbocycles. The van der Waals surface area contributed by atoms with E-state index in [0.717, 1.165) is 18.7 Å². The number of hydrogen-bond acceptors (Lipinski definition) is 2. The fourth-order valence-corrected chi connectivity index (χ4v) is 2.89. The van der Waals surface area contributed by atoms with Crippen LogP contribution < -0.4 is 10.1 Å². The normalized spacial score (nSPS) is 18.1. The molecule has 0 saturated heterocycles. The maximum absolute atomic E-state index is 5.33. The van der Waals surface area contributed by atoms with Crippen molar-refractivity contribution in [2.45, 2.75) is 45.6 Å². The predicted molar refractivity (Wildman–Crippen MR) is 83.8 cm³/mol. The molecule has 0 heterocycles. The van der Waals surface area contributed by atoms with Gasteiger partial charge in [0, 0.05) is 10.5 Å². The molecule has 1 N–H and O–H groups in total. The van der Waals surface area contributed by atoms with Gasteiger partial charge in [-0.3, -0.25) is 0 Å². The lowest BCUT2D eigenvalue weighted by Gasteiger charge is -2.25. The largest absolute Gasteiger partial charge is 0.497 e. The summed E-state index contributed by atoms with van der Waals surface area (Å²) in [5.74, 6) is 0.938. The summed E-state index contributed by atoms with van der Waals surface area (Å²) >= 11 is 3.66. The van der Waals surface area contributed by atoms with E-state index in [1.165, 1.54) is 29.3 Å². The molecular formula is C16H24BrNO. The van der Waals surface area contributed by atoms with Crippen LogP contribution in [0.3, 0.4) is 0 Å². The van der Waals surface area contributed by atoms with Crippen LogP contribution in [0.4, 0.5) is 0 Å². The van der Waals surface area contributed by atoms with Crippen molar-refractivity contribution in [3.8, 4) is 5.75 Å². The van der Waals surface area contributed by atoms with Crippen LogP contribution in [0.2, 0.25) is 0 Å². The Morgan fingerprint density at radius 1 is 1.42 bits per heavy atom. The Kier molecular flexibility index (Phi) is 4.91. The molecular weight excluding hydrogens is 302 g/mol. The summed E-state index contributed by atoms with van der Waals surface area (Å²) in [7, 11) is 1.72. The first-order valence-corrected chi connectivity index (χ1v) is 7.94. The first-order valence-electron chi connectivity index (χ1n) is 7.15. The van der Waals surface area contributed by atoms with Crippen LogP contribution in [0.5, 0.6) is 5.75 Å². The van der Waals surface area contributed by atoms with Gasteiger partial charge in [0.15, 0.2) is 0 Å². The zero-order valence-electron chi connectivity index (χ0n) is 12.1. The lowest BCUT2D eigenvalue weighted by Crippen LogP contribution is -2.38. The third kappa shape index (κ3) is 3.73. The molecule has 19 heavy (non-hydrogen) atoms. The summed E-state index contributed by atoms with van der Waals surface area (Å²) < 4.78 is 6.51. The molecule has 2 nitrogen and oxygen atoms in total. The highest BCUT2D eigenvalue weighted by molar-refractivity contribution is 9.10. The van der Waals surface area contributed by atoms with Gasteiger partial charge in [-0.25, -0.2) is 0 Å². The molecule has 1 unspecified atom stereocenters. The quantitative estimate of drug-likeness (QED) is 0.812. The molecule has 1 saturated carbocycles. The molecule has 0 radical (unpaired) electrons. The van der Waals surface area contributed by atoms with Crippen LogP contribution in [-0.2, 0) is 6.42 Å². The number of nitrogens with one attached hydrogen (secondary N) is 1. The highest BCUT2D eigenvalue weighted by atomic mass is 79.9. The second-order valence-corrected chi connectivity index (χ2v) is 6.68. The van der Waals surface area contributed by atoms with Crippen LogP contribution in [0.25, 0.3) is 0 Å². The second-order valence-electron chi connectivity index (χ2n) is 5.82. The zero-order chi connectivity index (χ0) is 13.9. The molecule has 106 valence electrons. The molecule has 2 rings (SSSR count). The molecule has 1 aromatic rings. The second kappa shape index (κ2) is 6.27. The lowest BCUT2D eigenvalue weighted by atomic mass is 9.92. The number of ether oxygens (including phenoxy) is 1. The fraction of sp³-hybridized carbons (Fsp3) is 0.625. The third-order valence-electron chi connectivity index (χ3n) is 4.20. The number of rotatable bonds is 7. The molecule has 0 spiro atoms. The maximum atomic E-state index is 5.33. The molecule has 3 heteroatoms. The van der Waals surface area contributed by atoms with Gasteiger partial charge in [0.25, 0.3) is 0 Å². The van der Waals surface area contributed by atoms with E-state index in [-0.39, 0.29) is 0 Å². The standard InChI is InChI=1S/C16H24BrNO/c1-4-9-18-15(16(2)7-8-16)11-12-10-13(19-3)5-6-14(12)17/h5-6,10,15,18H,4,7-9,11H2,1-3H3. The molecule has 1 fully saturated rings. The van der Waals surface area contributed by atoms with Crippen LogP contribution in [0.1, 0.15) is 38.7 Å². The van der Waals surface area contributed by atoms with Crippen molar-refractivity contribution in [1.82, 2.24) is 5.32 Å². The summed E-state index contributed by atoms with van der Waals surface area (Å²) in [6.07, 6.45) is 4.94. The monoisotopic (exact) mass is 325 g/mol. The van der Waals surface area contributed by atoms with E-state index in [9.17, 15) is 0 Å². The van der Waals surface area contributed by atoms with Crippen LogP contribution >= 0.6 is 15.9 Å². The van der Waals surface area contributed by atoms with E-state index in [4.69, 9.17) is 4.74 Å². The van der Waals surface area contributed by atoms with Gasteiger partial charge in [-0.1, -0.05) is 29.8 Å². The minimum Gasteiger partial charge on any atom is -0.497 e. The van der Waals surface area contributed by atoms with Gasteiger partial charge < -0.3 is 10.1 Å². The number of hydrogen-bond donors (Lipinski definition) is 1. The van der Waals surface area contributed by atoms with E-state index in [2.05, 4.69) is 47.2 Å². The van der Waals surface area contributed by atoms with Gasteiger partial charge in [0.1, 0.15) is 5.75 Å². The maximum Gasteiger partial charge on any atom is 0.119 e. The van der Waals surface area contributed by atoms with E-state index in [1.807, 2.05) is 6.07 Å². The Balaban J connectivity index is 2.11. The van der Waals surface area contributed by atoms with Crippen molar-refractivity contribution in [1.29, 1.82) is 0 Å². The van der Waals surface area contributed by atoms with E-state index >= 15 is 0 Å². The van der Waals surface area contributed by atoms with Crippen molar-refractivity contribution in [3.63, 3.8) is 0 Å².